The SMILES string of the molecule is O=C(NC1Cc2[nH]ncc2C(C(F)(F)F)C1)c1c(O)cccc1C(F)(F)F. The summed E-state index contributed by atoms with van der Waals surface area (Å²) in [5, 5.41) is 17.9. The first-order chi connectivity index (χ1) is 12.5. The number of aromatic hydroxyl groups is 1. The molecule has 0 spiro atoms. The van der Waals surface area contributed by atoms with E-state index in [2.05, 4.69) is 15.5 Å². The molecule has 1 aliphatic carbocycles. The number of carbonyl (C=O) groups excluding carboxylic acids is 1. The number of aromatic amines is 1. The number of phenols is 1. The molecule has 1 aromatic carbocycles. The number of nitrogens with zero attached hydrogens (tertiary/aromatic N) is 1. The second-order valence-electron chi connectivity index (χ2n) is 6.21. The third kappa shape index (κ3) is 3.71. The maximum absolute atomic E-state index is 13.3. The van der Waals surface area contributed by atoms with Crippen LogP contribution in [0.2, 0.25) is 0 Å². The van der Waals surface area contributed by atoms with Gasteiger partial charge in [-0.05, 0) is 18.6 Å². The number of rotatable bonds is 2. The Morgan fingerprint density at radius 1 is 1.22 bits per heavy atom. The van der Waals surface area contributed by atoms with Crippen LogP contribution in [0.5, 0.6) is 5.75 Å². The topological polar surface area (TPSA) is 78.0 Å². The highest BCUT2D eigenvalue weighted by atomic mass is 19.4. The van der Waals surface area contributed by atoms with Crippen LogP contribution in [-0.4, -0.2) is 33.4 Å². The van der Waals surface area contributed by atoms with Crippen molar-refractivity contribution >= 4 is 5.91 Å². The van der Waals surface area contributed by atoms with Crippen molar-refractivity contribution in [2.75, 3.05) is 0 Å². The van der Waals surface area contributed by atoms with E-state index in [0.717, 1.165) is 18.3 Å². The summed E-state index contributed by atoms with van der Waals surface area (Å²) in [6, 6.07) is 1.35. The molecule has 1 amide bonds. The van der Waals surface area contributed by atoms with Gasteiger partial charge in [0.25, 0.3) is 5.91 Å². The number of hydrogen-bond donors (Lipinski definition) is 3. The lowest BCUT2D eigenvalue weighted by molar-refractivity contribution is -0.154. The summed E-state index contributed by atoms with van der Waals surface area (Å²) in [4.78, 5) is 12.3. The molecular formula is C16H13F6N3O2. The molecule has 2 atom stereocenters. The van der Waals surface area contributed by atoms with E-state index in [0.29, 0.717) is 6.07 Å². The Morgan fingerprint density at radius 2 is 1.93 bits per heavy atom. The van der Waals surface area contributed by atoms with Gasteiger partial charge < -0.3 is 10.4 Å². The van der Waals surface area contributed by atoms with Gasteiger partial charge in [0.2, 0.25) is 0 Å². The zero-order valence-corrected chi connectivity index (χ0v) is 13.4. The number of phenolic OH excluding ortho intramolecular Hbond substituents is 1. The summed E-state index contributed by atoms with van der Waals surface area (Å²) in [7, 11) is 0. The number of hydrogen-bond acceptors (Lipinski definition) is 3. The van der Waals surface area contributed by atoms with Gasteiger partial charge in [-0.1, -0.05) is 6.07 Å². The Morgan fingerprint density at radius 3 is 2.56 bits per heavy atom. The standard InChI is InChI=1S/C16H13F6N3O2/c17-15(18,19)9-2-1-3-12(26)13(9)14(27)24-7-4-10(16(20,21)22)8-6-23-25-11(8)5-7/h1-3,6-7,10,26H,4-5H2,(H,23,25)(H,24,27). The van der Waals surface area contributed by atoms with Crippen molar-refractivity contribution in [3.8, 4) is 5.75 Å². The Labute approximate surface area is 148 Å². The fourth-order valence-electron chi connectivity index (χ4n) is 3.22. The van der Waals surface area contributed by atoms with Crippen molar-refractivity contribution in [3.05, 3.63) is 46.8 Å². The zero-order valence-electron chi connectivity index (χ0n) is 13.4. The average molecular weight is 393 g/mol. The van der Waals surface area contributed by atoms with E-state index in [9.17, 15) is 36.2 Å². The molecule has 1 aromatic heterocycles. The van der Waals surface area contributed by atoms with E-state index in [-0.39, 0.29) is 17.7 Å². The number of fused-ring (bicyclic) bond motifs is 1. The van der Waals surface area contributed by atoms with Crippen molar-refractivity contribution in [3.63, 3.8) is 0 Å². The predicted octanol–water partition coefficient (Wildman–Crippen LogP) is 3.52. The van der Waals surface area contributed by atoms with Gasteiger partial charge in [0.05, 0.1) is 23.2 Å². The van der Waals surface area contributed by atoms with Crippen molar-refractivity contribution in [1.82, 2.24) is 15.5 Å². The maximum atomic E-state index is 13.3. The molecule has 0 saturated carbocycles. The van der Waals surface area contributed by atoms with E-state index >= 15 is 0 Å². The fraction of sp³-hybridized carbons (Fsp3) is 0.375. The van der Waals surface area contributed by atoms with E-state index in [4.69, 9.17) is 0 Å². The van der Waals surface area contributed by atoms with Gasteiger partial charge in [-0.3, -0.25) is 9.89 Å². The second-order valence-corrected chi connectivity index (χ2v) is 6.21. The largest absolute Gasteiger partial charge is 0.507 e. The molecule has 27 heavy (non-hydrogen) atoms. The first-order valence-electron chi connectivity index (χ1n) is 7.77. The first-order valence-corrected chi connectivity index (χ1v) is 7.77. The Bertz CT molecular complexity index is 859. The van der Waals surface area contributed by atoms with Crippen LogP contribution in [0.3, 0.4) is 0 Å². The third-order valence-corrected chi connectivity index (χ3v) is 4.40. The first kappa shape index (κ1) is 19.1. The number of H-pyrrole nitrogens is 1. The molecule has 5 nitrogen and oxygen atoms in total. The van der Waals surface area contributed by atoms with Gasteiger partial charge in [-0.25, -0.2) is 0 Å². The van der Waals surface area contributed by atoms with Crippen LogP contribution in [0.4, 0.5) is 26.3 Å². The van der Waals surface area contributed by atoms with Gasteiger partial charge in [-0.15, -0.1) is 0 Å². The third-order valence-electron chi connectivity index (χ3n) is 4.40. The van der Waals surface area contributed by atoms with Gasteiger partial charge in [-0.2, -0.15) is 31.4 Å². The number of amides is 1. The molecule has 0 radical (unpaired) electrons. The molecule has 3 N–H and O–H groups in total. The quantitative estimate of drug-likeness (QED) is 0.684. The van der Waals surface area contributed by atoms with Crippen molar-refractivity contribution in [2.24, 2.45) is 0 Å². The summed E-state index contributed by atoms with van der Waals surface area (Å²) < 4.78 is 79.1. The van der Waals surface area contributed by atoms with Crippen molar-refractivity contribution in [2.45, 2.75) is 37.2 Å². The van der Waals surface area contributed by atoms with Crippen LogP contribution in [0.15, 0.2) is 24.4 Å². The maximum Gasteiger partial charge on any atom is 0.417 e. The molecule has 2 aromatic rings. The number of halogens is 6. The predicted molar refractivity (Wildman–Crippen MR) is 80.1 cm³/mol. The number of aromatic nitrogens is 2. The summed E-state index contributed by atoms with van der Waals surface area (Å²) >= 11 is 0. The van der Waals surface area contributed by atoms with Crippen LogP contribution in [0, 0.1) is 0 Å². The molecule has 1 heterocycles. The molecule has 146 valence electrons. The van der Waals surface area contributed by atoms with E-state index < -0.39 is 53.5 Å². The lowest BCUT2D eigenvalue weighted by atomic mass is 9.83. The molecule has 0 aliphatic heterocycles. The summed E-state index contributed by atoms with van der Waals surface area (Å²) in [6.07, 6.45) is -9.06. The van der Waals surface area contributed by atoms with Gasteiger partial charge in [0, 0.05) is 23.7 Å². The Kier molecular flexibility index (Phi) is 4.56. The lowest BCUT2D eigenvalue weighted by Gasteiger charge is -2.31. The molecule has 0 saturated heterocycles. The normalized spacial score (nSPS) is 20.2. The molecule has 0 bridgehead atoms. The van der Waals surface area contributed by atoms with E-state index in [1.54, 1.807) is 0 Å². The summed E-state index contributed by atoms with van der Waals surface area (Å²) in [5.74, 6) is -4.11. The zero-order chi connectivity index (χ0) is 20.0. The second kappa shape index (κ2) is 6.46. The van der Waals surface area contributed by atoms with E-state index in [1.165, 1.54) is 0 Å². The summed E-state index contributed by atoms with van der Waals surface area (Å²) in [5.41, 5.74) is -2.29. The van der Waals surface area contributed by atoms with Crippen LogP contribution < -0.4 is 5.32 Å². The highest BCUT2D eigenvalue weighted by Crippen LogP contribution is 2.43. The molecule has 11 heteroatoms. The Balaban J connectivity index is 1.88. The van der Waals surface area contributed by atoms with Gasteiger partial charge in [0.1, 0.15) is 5.75 Å². The number of benzene rings is 1. The molecule has 0 fully saturated rings. The van der Waals surface area contributed by atoms with Gasteiger partial charge >= 0.3 is 12.4 Å². The molecule has 1 aliphatic rings. The summed E-state index contributed by atoms with van der Waals surface area (Å²) in [6.45, 7) is 0. The lowest BCUT2D eigenvalue weighted by Crippen LogP contribution is -2.43. The average Bonchev–Trinajstić information content (AvgIpc) is 3.00. The fourth-order valence-corrected chi connectivity index (χ4v) is 3.22. The van der Waals surface area contributed by atoms with Crippen LogP contribution in [-0.2, 0) is 12.6 Å². The van der Waals surface area contributed by atoms with E-state index in [1.807, 2.05) is 0 Å². The van der Waals surface area contributed by atoms with Crippen LogP contribution >= 0.6 is 0 Å². The smallest absolute Gasteiger partial charge is 0.417 e. The van der Waals surface area contributed by atoms with Crippen LogP contribution in [0.25, 0.3) is 0 Å². The molecule has 2 unspecified atom stereocenters. The van der Waals surface area contributed by atoms with Crippen molar-refractivity contribution < 1.29 is 36.2 Å². The van der Waals surface area contributed by atoms with Crippen LogP contribution in [0.1, 0.15) is 39.5 Å². The minimum atomic E-state index is -4.91. The highest BCUT2D eigenvalue weighted by molar-refractivity contribution is 5.98. The van der Waals surface area contributed by atoms with Gasteiger partial charge in [0.15, 0.2) is 0 Å². The number of carbonyl (C=O) groups is 1. The molecule has 3 rings (SSSR count). The minimum Gasteiger partial charge on any atom is -0.507 e. The number of nitrogens with one attached hydrogen (secondary N) is 2. The monoisotopic (exact) mass is 393 g/mol. The highest BCUT2D eigenvalue weighted by Gasteiger charge is 2.46. The number of alkyl halides is 6. The molecular weight excluding hydrogens is 380 g/mol. The van der Waals surface area contributed by atoms with Crippen molar-refractivity contribution in [1.29, 1.82) is 0 Å². The Hall–Kier alpha value is -2.72. The minimum absolute atomic E-state index is 0.0495.